The standard InChI is InChI=1S/C13H14N4OS2/c1-4-5-15-9(18)6-19-13-16-11(14)10-7(2)8(3)20-12(10)17-13/h1H,5-6H2,2-3H3,(H,15,18)(H2,14,16,17). The molecule has 104 valence electrons. The minimum Gasteiger partial charge on any atom is -0.383 e. The molecule has 0 radical (unpaired) electrons. The first-order chi connectivity index (χ1) is 9.52. The Bertz CT molecular complexity index is 702. The van der Waals surface area contributed by atoms with Crippen molar-refractivity contribution in [2.24, 2.45) is 0 Å². The Balaban J connectivity index is 2.16. The van der Waals surface area contributed by atoms with Crippen LogP contribution in [-0.2, 0) is 4.79 Å². The van der Waals surface area contributed by atoms with E-state index in [-0.39, 0.29) is 18.2 Å². The molecule has 7 heteroatoms. The monoisotopic (exact) mass is 306 g/mol. The number of nitrogens with one attached hydrogen (secondary N) is 1. The van der Waals surface area contributed by atoms with Gasteiger partial charge in [-0.15, -0.1) is 17.8 Å². The van der Waals surface area contributed by atoms with Crippen molar-refractivity contribution in [2.45, 2.75) is 19.0 Å². The molecule has 2 aromatic heterocycles. The lowest BCUT2D eigenvalue weighted by molar-refractivity contribution is -0.118. The highest BCUT2D eigenvalue weighted by atomic mass is 32.2. The maximum absolute atomic E-state index is 11.5. The predicted octanol–water partition coefficient (Wildman–Crippen LogP) is 1.73. The van der Waals surface area contributed by atoms with Gasteiger partial charge in [-0.1, -0.05) is 17.7 Å². The molecular formula is C13H14N4OS2. The summed E-state index contributed by atoms with van der Waals surface area (Å²) in [6.07, 6.45) is 5.07. The van der Waals surface area contributed by atoms with Gasteiger partial charge in [0, 0.05) is 4.88 Å². The lowest BCUT2D eigenvalue weighted by Crippen LogP contribution is -2.25. The number of terminal acetylenes is 1. The van der Waals surface area contributed by atoms with Crippen molar-refractivity contribution in [3.05, 3.63) is 10.4 Å². The first-order valence-corrected chi connectivity index (χ1v) is 7.69. The molecule has 5 nitrogen and oxygen atoms in total. The van der Waals surface area contributed by atoms with E-state index in [9.17, 15) is 4.79 Å². The summed E-state index contributed by atoms with van der Waals surface area (Å²) < 4.78 is 0. The molecule has 0 aliphatic heterocycles. The summed E-state index contributed by atoms with van der Waals surface area (Å²) in [4.78, 5) is 22.2. The largest absolute Gasteiger partial charge is 0.383 e. The lowest BCUT2D eigenvalue weighted by atomic mass is 10.2. The van der Waals surface area contributed by atoms with Crippen molar-refractivity contribution in [2.75, 3.05) is 18.0 Å². The Morgan fingerprint density at radius 1 is 1.50 bits per heavy atom. The van der Waals surface area contributed by atoms with Gasteiger partial charge in [-0.2, -0.15) is 0 Å². The molecule has 0 bridgehead atoms. The first-order valence-electron chi connectivity index (χ1n) is 5.89. The number of amides is 1. The number of nitrogen functional groups attached to an aromatic ring is 1. The molecule has 2 rings (SSSR count). The number of thiophene rings is 1. The Labute approximate surface area is 125 Å². The average molecular weight is 306 g/mol. The molecule has 0 aliphatic carbocycles. The third kappa shape index (κ3) is 3.03. The molecule has 0 spiro atoms. The van der Waals surface area contributed by atoms with E-state index in [0.29, 0.717) is 11.0 Å². The van der Waals surface area contributed by atoms with E-state index in [2.05, 4.69) is 21.2 Å². The summed E-state index contributed by atoms with van der Waals surface area (Å²) in [5.74, 6) is 2.88. The summed E-state index contributed by atoms with van der Waals surface area (Å²) in [5.41, 5.74) is 7.09. The van der Waals surface area contributed by atoms with E-state index in [1.54, 1.807) is 11.3 Å². The fourth-order valence-electron chi connectivity index (χ4n) is 1.66. The van der Waals surface area contributed by atoms with Crippen LogP contribution in [0.25, 0.3) is 10.2 Å². The first kappa shape index (κ1) is 14.6. The Hall–Kier alpha value is -1.78. The van der Waals surface area contributed by atoms with E-state index >= 15 is 0 Å². The SMILES string of the molecule is C#CCNC(=O)CSc1nc(N)c2c(C)c(C)sc2n1. The summed E-state index contributed by atoms with van der Waals surface area (Å²) in [7, 11) is 0. The molecule has 20 heavy (non-hydrogen) atoms. The molecule has 0 fully saturated rings. The van der Waals surface area contributed by atoms with Gasteiger partial charge in [0.25, 0.3) is 0 Å². The van der Waals surface area contributed by atoms with Crippen LogP contribution in [0.2, 0.25) is 0 Å². The van der Waals surface area contributed by atoms with Crippen LogP contribution >= 0.6 is 23.1 Å². The number of rotatable bonds is 4. The van der Waals surface area contributed by atoms with Gasteiger partial charge in [0.05, 0.1) is 17.7 Å². The van der Waals surface area contributed by atoms with E-state index in [1.165, 1.54) is 16.6 Å². The van der Waals surface area contributed by atoms with Gasteiger partial charge in [0.1, 0.15) is 10.6 Å². The second-order valence-corrected chi connectivity index (χ2v) is 6.27. The zero-order chi connectivity index (χ0) is 14.7. The van der Waals surface area contributed by atoms with E-state index in [0.717, 1.165) is 15.8 Å². The van der Waals surface area contributed by atoms with Crippen LogP contribution in [0.5, 0.6) is 0 Å². The van der Waals surface area contributed by atoms with Crippen LogP contribution in [0.1, 0.15) is 10.4 Å². The quantitative estimate of drug-likeness (QED) is 0.511. The second-order valence-electron chi connectivity index (χ2n) is 4.12. The molecule has 0 aliphatic rings. The second kappa shape index (κ2) is 6.11. The van der Waals surface area contributed by atoms with E-state index in [4.69, 9.17) is 12.2 Å². The van der Waals surface area contributed by atoms with E-state index < -0.39 is 0 Å². The number of carbonyl (C=O) groups is 1. The number of hydrogen-bond donors (Lipinski definition) is 2. The topological polar surface area (TPSA) is 80.9 Å². The molecule has 0 aromatic carbocycles. The Kier molecular flexibility index (Phi) is 4.47. The molecule has 0 saturated carbocycles. The smallest absolute Gasteiger partial charge is 0.231 e. The van der Waals surface area contributed by atoms with Crippen molar-refractivity contribution in [3.63, 3.8) is 0 Å². The van der Waals surface area contributed by atoms with Crippen molar-refractivity contribution >= 4 is 45.0 Å². The van der Waals surface area contributed by atoms with Gasteiger partial charge in [-0.25, -0.2) is 9.97 Å². The maximum atomic E-state index is 11.5. The van der Waals surface area contributed by atoms with E-state index in [1.807, 2.05) is 13.8 Å². The highest BCUT2D eigenvalue weighted by molar-refractivity contribution is 7.99. The third-order valence-electron chi connectivity index (χ3n) is 2.76. The number of nitrogens with two attached hydrogens (primary N) is 1. The summed E-state index contributed by atoms with van der Waals surface area (Å²) in [6, 6.07) is 0. The minimum absolute atomic E-state index is 0.145. The number of aromatic nitrogens is 2. The fraction of sp³-hybridized carbons (Fsp3) is 0.308. The van der Waals surface area contributed by atoms with Gasteiger partial charge in [-0.3, -0.25) is 4.79 Å². The molecule has 2 heterocycles. The minimum atomic E-state index is -0.145. The molecule has 0 unspecified atom stereocenters. The van der Waals surface area contributed by atoms with Gasteiger partial charge in [-0.05, 0) is 19.4 Å². The number of nitrogens with zero attached hydrogens (tertiary/aromatic N) is 2. The summed E-state index contributed by atoms with van der Waals surface area (Å²) in [5, 5.41) is 4.00. The third-order valence-corrected chi connectivity index (χ3v) is 4.70. The van der Waals surface area contributed by atoms with Gasteiger partial charge in [0.15, 0.2) is 5.16 Å². The van der Waals surface area contributed by atoms with Crippen LogP contribution in [0.3, 0.4) is 0 Å². The van der Waals surface area contributed by atoms with Crippen LogP contribution in [0.15, 0.2) is 5.16 Å². The molecule has 0 atom stereocenters. The van der Waals surface area contributed by atoms with Crippen LogP contribution in [0, 0.1) is 26.2 Å². The van der Waals surface area contributed by atoms with Crippen LogP contribution < -0.4 is 11.1 Å². The van der Waals surface area contributed by atoms with Gasteiger partial charge >= 0.3 is 0 Å². The van der Waals surface area contributed by atoms with Crippen molar-refractivity contribution in [1.29, 1.82) is 0 Å². The van der Waals surface area contributed by atoms with Gasteiger partial charge < -0.3 is 11.1 Å². The summed E-state index contributed by atoms with van der Waals surface area (Å²) in [6.45, 7) is 4.26. The highest BCUT2D eigenvalue weighted by Gasteiger charge is 2.13. The molecule has 0 saturated heterocycles. The zero-order valence-electron chi connectivity index (χ0n) is 11.2. The highest BCUT2D eigenvalue weighted by Crippen LogP contribution is 2.33. The molecule has 1 amide bonds. The van der Waals surface area contributed by atoms with Crippen molar-refractivity contribution in [3.8, 4) is 12.3 Å². The number of anilines is 1. The number of fused-ring (bicyclic) bond motifs is 1. The molecule has 2 aromatic rings. The van der Waals surface area contributed by atoms with Crippen LogP contribution in [0.4, 0.5) is 5.82 Å². The number of thioether (sulfide) groups is 1. The lowest BCUT2D eigenvalue weighted by Gasteiger charge is -2.03. The van der Waals surface area contributed by atoms with Crippen molar-refractivity contribution in [1.82, 2.24) is 15.3 Å². The van der Waals surface area contributed by atoms with Crippen LogP contribution in [-0.4, -0.2) is 28.2 Å². The van der Waals surface area contributed by atoms with Gasteiger partial charge in [0.2, 0.25) is 5.91 Å². The zero-order valence-corrected chi connectivity index (χ0v) is 12.8. The molecular weight excluding hydrogens is 292 g/mol. The van der Waals surface area contributed by atoms with Crippen molar-refractivity contribution < 1.29 is 4.79 Å². The number of aryl methyl sites for hydroxylation is 2. The Morgan fingerprint density at radius 2 is 2.25 bits per heavy atom. The predicted molar refractivity (Wildman–Crippen MR) is 83.9 cm³/mol. The Morgan fingerprint density at radius 3 is 2.95 bits per heavy atom. The summed E-state index contributed by atoms with van der Waals surface area (Å²) >= 11 is 2.83. The normalized spacial score (nSPS) is 10.4. The molecule has 3 N–H and O–H groups in total. The maximum Gasteiger partial charge on any atom is 0.231 e. The number of carbonyl (C=O) groups excluding carboxylic acids is 1. The average Bonchev–Trinajstić information content (AvgIpc) is 2.69. The fourth-order valence-corrected chi connectivity index (χ4v) is 3.43. The number of hydrogen-bond acceptors (Lipinski definition) is 6.